The Balaban J connectivity index is 2.09. The van der Waals surface area contributed by atoms with Crippen molar-refractivity contribution in [1.29, 1.82) is 0 Å². The number of aliphatic hydroxyl groups excluding tert-OH is 1. The van der Waals surface area contributed by atoms with E-state index in [9.17, 15) is 14.7 Å². The maximum absolute atomic E-state index is 13.0. The van der Waals surface area contributed by atoms with Crippen LogP contribution < -0.4 is 0 Å². The highest BCUT2D eigenvalue weighted by atomic mass is 35.5. The normalized spacial score (nSPS) is 18.4. The first-order chi connectivity index (χ1) is 14.4. The molecule has 30 heavy (non-hydrogen) atoms. The molecule has 5 nitrogen and oxygen atoms in total. The third-order valence-electron chi connectivity index (χ3n) is 5.37. The Morgan fingerprint density at radius 2 is 1.70 bits per heavy atom. The predicted molar refractivity (Wildman–Crippen MR) is 120 cm³/mol. The summed E-state index contributed by atoms with van der Waals surface area (Å²) in [6.45, 7) is 6.76. The van der Waals surface area contributed by atoms with Crippen molar-refractivity contribution in [2.24, 2.45) is 0 Å². The monoisotopic (exact) mass is 446 g/mol. The van der Waals surface area contributed by atoms with Gasteiger partial charge in [-0.1, -0.05) is 49.2 Å². The van der Waals surface area contributed by atoms with Crippen molar-refractivity contribution >= 4 is 40.7 Å². The number of likely N-dealkylation sites (tertiary alicyclic amines) is 1. The molecular weight excluding hydrogens is 423 g/mol. The number of hydrogen-bond acceptors (Lipinski definition) is 4. The van der Waals surface area contributed by atoms with E-state index in [1.807, 2.05) is 19.9 Å². The zero-order valence-electron chi connectivity index (χ0n) is 16.9. The predicted octanol–water partition coefficient (Wildman–Crippen LogP) is 4.76. The van der Waals surface area contributed by atoms with Gasteiger partial charge in [0.05, 0.1) is 11.6 Å². The van der Waals surface area contributed by atoms with E-state index in [-0.39, 0.29) is 11.3 Å². The van der Waals surface area contributed by atoms with Crippen LogP contribution in [-0.2, 0) is 9.59 Å². The second-order valence-corrected chi connectivity index (χ2v) is 7.95. The molecule has 1 aliphatic rings. The Kier molecular flexibility index (Phi) is 7.19. The Hall–Kier alpha value is -2.34. The van der Waals surface area contributed by atoms with Crippen molar-refractivity contribution in [3.8, 4) is 0 Å². The third kappa shape index (κ3) is 4.53. The average Bonchev–Trinajstić information content (AvgIpc) is 2.99. The molecule has 0 unspecified atom stereocenters. The first-order valence-corrected chi connectivity index (χ1v) is 10.6. The van der Waals surface area contributed by atoms with Crippen LogP contribution in [0.5, 0.6) is 0 Å². The van der Waals surface area contributed by atoms with Crippen LogP contribution >= 0.6 is 23.2 Å². The molecule has 1 atom stereocenters. The molecule has 158 valence electrons. The van der Waals surface area contributed by atoms with Gasteiger partial charge in [0.15, 0.2) is 0 Å². The molecule has 1 fully saturated rings. The van der Waals surface area contributed by atoms with Gasteiger partial charge in [0.1, 0.15) is 5.76 Å². The molecule has 7 heteroatoms. The molecule has 0 saturated carbocycles. The first-order valence-electron chi connectivity index (χ1n) is 9.89. The minimum absolute atomic E-state index is 0.0594. The van der Waals surface area contributed by atoms with E-state index in [2.05, 4.69) is 4.90 Å². The van der Waals surface area contributed by atoms with Gasteiger partial charge in [0.2, 0.25) is 0 Å². The molecule has 0 aliphatic carbocycles. The number of carbonyl (C=O) groups excluding carboxylic acids is 2. The van der Waals surface area contributed by atoms with Crippen molar-refractivity contribution in [3.63, 3.8) is 0 Å². The second-order valence-electron chi connectivity index (χ2n) is 7.08. The number of halogens is 2. The molecule has 1 aliphatic heterocycles. The molecule has 1 saturated heterocycles. The lowest BCUT2D eigenvalue weighted by molar-refractivity contribution is -0.140. The number of Topliss-reactive ketones (excluding diaryl/α,β-unsaturated/α-hetero) is 1. The van der Waals surface area contributed by atoms with E-state index in [1.54, 1.807) is 42.5 Å². The number of rotatable bonds is 7. The maximum Gasteiger partial charge on any atom is 0.295 e. The van der Waals surface area contributed by atoms with E-state index >= 15 is 0 Å². The summed E-state index contributed by atoms with van der Waals surface area (Å²) < 4.78 is 0. The Morgan fingerprint density at radius 3 is 2.30 bits per heavy atom. The van der Waals surface area contributed by atoms with Crippen molar-refractivity contribution < 1.29 is 14.7 Å². The lowest BCUT2D eigenvalue weighted by atomic mass is 9.95. The molecule has 0 bridgehead atoms. The number of hydrogen-bond donors (Lipinski definition) is 1. The summed E-state index contributed by atoms with van der Waals surface area (Å²) in [7, 11) is 0. The number of ketones is 1. The Bertz CT molecular complexity index is 969. The maximum atomic E-state index is 13.0. The fraction of sp³-hybridized carbons (Fsp3) is 0.304. The van der Waals surface area contributed by atoms with Gasteiger partial charge < -0.3 is 14.9 Å². The van der Waals surface area contributed by atoms with Crippen LogP contribution in [0.1, 0.15) is 31.0 Å². The fourth-order valence-corrected chi connectivity index (χ4v) is 4.01. The number of benzene rings is 2. The summed E-state index contributed by atoms with van der Waals surface area (Å²) >= 11 is 12.1. The average molecular weight is 447 g/mol. The van der Waals surface area contributed by atoms with E-state index in [0.29, 0.717) is 34.3 Å². The lowest BCUT2D eigenvalue weighted by Gasteiger charge is -2.28. The van der Waals surface area contributed by atoms with E-state index in [0.717, 1.165) is 13.1 Å². The number of likely N-dealkylation sites (N-methyl/N-ethyl adjacent to an activating group) is 1. The van der Waals surface area contributed by atoms with Gasteiger partial charge >= 0.3 is 0 Å². The molecule has 0 aromatic heterocycles. The van der Waals surface area contributed by atoms with Crippen LogP contribution in [0.4, 0.5) is 0 Å². The van der Waals surface area contributed by atoms with Crippen LogP contribution in [0.3, 0.4) is 0 Å². The van der Waals surface area contributed by atoms with Crippen molar-refractivity contribution in [1.82, 2.24) is 9.80 Å². The summed E-state index contributed by atoms with van der Waals surface area (Å²) in [4.78, 5) is 29.6. The van der Waals surface area contributed by atoms with Crippen LogP contribution in [-0.4, -0.2) is 52.8 Å². The molecule has 1 heterocycles. The lowest BCUT2D eigenvalue weighted by Crippen LogP contribution is -2.38. The van der Waals surface area contributed by atoms with E-state index in [4.69, 9.17) is 23.2 Å². The molecule has 3 rings (SSSR count). The van der Waals surface area contributed by atoms with Crippen LogP contribution in [0.25, 0.3) is 5.76 Å². The van der Waals surface area contributed by atoms with Gasteiger partial charge in [-0.3, -0.25) is 9.59 Å². The molecule has 0 radical (unpaired) electrons. The highest BCUT2D eigenvalue weighted by Crippen LogP contribution is 2.39. The van der Waals surface area contributed by atoms with E-state index < -0.39 is 17.7 Å². The summed E-state index contributed by atoms with van der Waals surface area (Å²) in [6.07, 6.45) is 0. The number of amides is 1. The number of nitrogens with zero attached hydrogens (tertiary/aromatic N) is 2. The van der Waals surface area contributed by atoms with Crippen LogP contribution in [0.15, 0.2) is 54.1 Å². The Morgan fingerprint density at radius 1 is 1.03 bits per heavy atom. The van der Waals surface area contributed by atoms with Gasteiger partial charge in [0.25, 0.3) is 11.7 Å². The van der Waals surface area contributed by atoms with Gasteiger partial charge in [-0.25, -0.2) is 0 Å². The van der Waals surface area contributed by atoms with Gasteiger partial charge in [0, 0.05) is 28.7 Å². The summed E-state index contributed by atoms with van der Waals surface area (Å²) in [5.41, 5.74) is 1.16. The molecule has 2 aromatic rings. The second kappa shape index (κ2) is 9.65. The minimum atomic E-state index is -0.713. The largest absolute Gasteiger partial charge is 0.507 e. The summed E-state index contributed by atoms with van der Waals surface area (Å²) in [6, 6.07) is 12.8. The van der Waals surface area contributed by atoms with Gasteiger partial charge in [-0.15, -0.1) is 0 Å². The topological polar surface area (TPSA) is 60.9 Å². The molecular formula is C23H24Cl2N2O3. The van der Waals surface area contributed by atoms with Crippen molar-refractivity contribution in [2.75, 3.05) is 26.2 Å². The van der Waals surface area contributed by atoms with Gasteiger partial charge in [-0.2, -0.15) is 0 Å². The summed E-state index contributed by atoms with van der Waals surface area (Å²) in [5, 5.41) is 12.0. The highest BCUT2D eigenvalue weighted by Gasteiger charge is 2.46. The zero-order chi connectivity index (χ0) is 21.8. The van der Waals surface area contributed by atoms with Crippen molar-refractivity contribution in [2.45, 2.75) is 19.9 Å². The van der Waals surface area contributed by atoms with Crippen molar-refractivity contribution in [3.05, 3.63) is 75.3 Å². The molecule has 1 amide bonds. The minimum Gasteiger partial charge on any atom is -0.507 e. The SMILES string of the molecule is CCN(CC)CCN1C(=O)C(=O)/C(=C(/O)c2ccc(Cl)cc2)[C@@H]1c1cccc(Cl)c1. The fourth-order valence-electron chi connectivity index (χ4n) is 3.69. The molecule has 0 spiro atoms. The van der Waals surface area contributed by atoms with E-state index in [1.165, 1.54) is 4.90 Å². The standard InChI is InChI=1S/C23H24Cl2N2O3/c1-3-26(4-2)12-13-27-20(16-6-5-7-18(25)14-16)19(22(29)23(27)30)21(28)15-8-10-17(24)11-9-15/h5-11,14,20,28H,3-4,12-13H2,1-2H3/b21-19+/t20-/m0/s1. The van der Waals surface area contributed by atoms with Gasteiger partial charge in [-0.05, 0) is 55.1 Å². The third-order valence-corrected chi connectivity index (χ3v) is 5.86. The zero-order valence-corrected chi connectivity index (χ0v) is 18.5. The Labute approximate surface area is 186 Å². The number of aliphatic hydroxyl groups is 1. The molecule has 2 aromatic carbocycles. The first kappa shape index (κ1) is 22.3. The summed E-state index contributed by atoms with van der Waals surface area (Å²) in [5.74, 6) is -1.55. The van der Waals surface area contributed by atoms with Crippen LogP contribution in [0.2, 0.25) is 10.0 Å². The highest BCUT2D eigenvalue weighted by molar-refractivity contribution is 6.46. The quantitative estimate of drug-likeness (QED) is 0.378. The number of carbonyl (C=O) groups is 2. The molecule has 1 N–H and O–H groups in total. The smallest absolute Gasteiger partial charge is 0.295 e. The van der Waals surface area contributed by atoms with Crippen LogP contribution in [0, 0.1) is 0 Å².